The number of aromatic nitrogens is 1. The lowest BCUT2D eigenvalue weighted by Crippen LogP contribution is -2.21. The predicted octanol–water partition coefficient (Wildman–Crippen LogP) is 2.24. The molecule has 0 radical (unpaired) electrons. The summed E-state index contributed by atoms with van der Waals surface area (Å²) in [4.78, 5) is 28.4. The third kappa shape index (κ3) is 3.09. The highest BCUT2D eigenvalue weighted by Crippen LogP contribution is 2.33. The van der Waals surface area contributed by atoms with Crippen molar-refractivity contribution in [1.29, 1.82) is 0 Å². The summed E-state index contributed by atoms with van der Waals surface area (Å²) in [7, 11) is 0. The smallest absolute Gasteiger partial charge is 0.255 e. The van der Waals surface area contributed by atoms with Crippen LogP contribution in [0.1, 0.15) is 40.1 Å². The van der Waals surface area contributed by atoms with E-state index < -0.39 is 11.6 Å². The Morgan fingerprint density at radius 1 is 1.13 bits per heavy atom. The van der Waals surface area contributed by atoms with E-state index in [1.807, 2.05) is 0 Å². The molecule has 0 aliphatic heterocycles. The molecule has 1 heterocycles. The summed E-state index contributed by atoms with van der Waals surface area (Å²) in [6, 6.07) is 6.92. The van der Waals surface area contributed by atoms with Gasteiger partial charge in [-0.05, 0) is 6.42 Å². The second kappa shape index (κ2) is 6.85. The Morgan fingerprint density at radius 3 is 2.70 bits per heavy atom. The molecule has 1 aliphatic carbocycles. The highest BCUT2D eigenvalue weighted by molar-refractivity contribution is 6.52. The van der Waals surface area contributed by atoms with E-state index in [2.05, 4.69) is 17.2 Å². The molecule has 2 aromatic rings. The van der Waals surface area contributed by atoms with Crippen molar-refractivity contribution in [2.75, 3.05) is 19.8 Å². The summed E-state index contributed by atoms with van der Waals surface area (Å²) in [6.45, 7) is 4.44. The van der Waals surface area contributed by atoms with Crippen molar-refractivity contribution >= 4 is 11.6 Å². The molecule has 1 aromatic heterocycles. The Kier molecular flexibility index (Phi) is 4.64. The van der Waals surface area contributed by atoms with Crippen LogP contribution in [-0.2, 0) is 11.3 Å². The van der Waals surface area contributed by atoms with Gasteiger partial charge in [-0.25, -0.2) is 4.98 Å². The summed E-state index contributed by atoms with van der Waals surface area (Å²) < 4.78 is 11.1. The third-order valence-corrected chi connectivity index (χ3v) is 3.56. The van der Waals surface area contributed by atoms with Gasteiger partial charge in [0.15, 0.2) is 11.5 Å². The zero-order valence-electron chi connectivity index (χ0n) is 12.9. The summed E-state index contributed by atoms with van der Waals surface area (Å²) in [6.07, 6.45) is 0.988. The second-order valence-electron chi connectivity index (χ2n) is 5.28. The number of oxazole rings is 1. The van der Waals surface area contributed by atoms with Crippen molar-refractivity contribution in [2.45, 2.75) is 19.9 Å². The zero-order valence-corrected chi connectivity index (χ0v) is 12.9. The van der Waals surface area contributed by atoms with Gasteiger partial charge in [-0.2, -0.15) is 0 Å². The molecule has 0 fully saturated rings. The Balaban J connectivity index is 1.73. The first-order chi connectivity index (χ1) is 11.2. The fourth-order valence-corrected chi connectivity index (χ4v) is 2.47. The van der Waals surface area contributed by atoms with Crippen LogP contribution in [0.3, 0.4) is 0 Å². The van der Waals surface area contributed by atoms with E-state index in [0.29, 0.717) is 42.5 Å². The molecular formula is C17H18N2O4. The molecule has 6 heteroatoms. The van der Waals surface area contributed by atoms with Gasteiger partial charge in [-0.1, -0.05) is 31.2 Å². The number of nitrogens with one attached hydrogen (secondary N) is 1. The highest BCUT2D eigenvalue weighted by atomic mass is 16.5. The van der Waals surface area contributed by atoms with E-state index >= 15 is 0 Å². The van der Waals surface area contributed by atoms with Crippen LogP contribution >= 0.6 is 0 Å². The lowest BCUT2D eigenvalue weighted by Gasteiger charge is -2.10. The van der Waals surface area contributed by atoms with Crippen molar-refractivity contribution in [3.05, 3.63) is 41.4 Å². The number of Topliss-reactive ketones (excluding diaryl/α,β-unsaturated/α-hetero) is 2. The van der Waals surface area contributed by atoms with Gasteiger partial charge in [0.2, 0.25) is 11.7 Å². The first-order valence-electron chi connectivity index (χ1n) is 7.69. The minimum Gasteiger partial charge on any atom is -0.438 e. The number of fused-ring (bicyclic) bond motifs is 3. The molecule has 0 saturated heterocycles. The van der Waals surface area contributed by atoms with Gasteiger partial charge in [0.1, 0.15) is 0 Å². The average Bonchev–Trinajstić information content (AvgIpc) is 3.00. The maximum atomic E-state index is 12.1. The summed E-state index contributed by atoms with van der Waals surface area (Å²) in [5, 5.41) is 3.14. The van der Waals surface area contributed by atoms with Crippen LogP contribution < -0.4 is 5.32 Å². The summed E-state index contributed by atoms with van der Waals surface area (Å²) in [5.41, 5.74) is 1.10. The Labute approximate surface area is 133 Å². The number of hydrogen-bond donors (Lipinski definition) is 1. The molecule has 0 bridgehead atoms. The van der Waals surface area contributed by atoms with E-state index in [-0.39, 0.29) is 5.69 Å². The van der Waals surface area contributed by atoms with Crippen LogP contribution in [0.4, 0.5) is 0 Å². The number of nitrogens with zero attached hydrogens (tertiary/aromatic N) is 1. The molecule has 1 N–H and O–H groups in total. The minimum absolute atomic E-state index is 0.104. The Hall–Kier alpha value is -2.31. The number of ketones is 2. The monoisotopic (exact) mass is 314 g/mol. The first-order valence-corrected chi connectivity index (χ1v) is 7.69. The lowest BCUT2D eigenvalue weighted by atomic mass is 9.91. The molecule has 0 saturated carbocycles. The van der Waals surface area contributed by atoms with Crippen LogP contribution in [0.5, 0.6) is 0 Å². The molecule has 0 unspecified atom stereocenters. The van der Waals surface area contributed by atoms with Crippen molar-refractivity contribution in [3.63, 3.8) is 0 Å². The van der Waals surface area contributed by atoms with E-state index in [9.17, 15) is 9.59 Å². The van der Waals surface area contributed by atoms with Gasteiger partial charge in [0.05, 0.1) is 13.2 Å². The number of ether oxygens (including phenoxy) is 1. The molecule has 3 rings (SSSR count). The summed E-state index contributed by atoms with van der Waals surface area (Å²) >= 11 is 0. The first kappa shape index (κ1) is 15.6. The number of carbonyl (C=O) groups is 2. The zero-order chi connectivity index (χ0) is 16.2. The fourth-order valence-electron chi connectivity index (χ4n) is 2.47. The van der Waals surface area contributed by atoms with E-state index in [1.165, 1.54) is 0 Å². The maximum Gasteiger partial charge on any atom is 0.255 e. The summed E-state index contributed by atoms with van der Waals surface area (Å²) in [5.74, 6) is -0.374. The van der Waals surface area contributed by atoms with Gasteiger partial charge in [0, 0.05) is 24.3 Å². The number of benzene rings is 1. The predicted molar refractivity (Wildman–Crippen MR) is 83.4 cm³/mol. The molecule has 0 atom stereocenters. The van der Waals surface area contributed by atoms with Gasteiger partial charge >= 0.3 is 0 Å². The quantitative estimate of drug-likeness (QED) is 0.623. The molecule has 6 nitrogen and oxygen atoms in total. The molecule has 1 aromatic carbocycles. The SMILES string of the molecule is CCCOCCNCc1nc2c(o1)-c1ccccc1C(=O)C2=O. The molecule has 120 valence electrons. The number of hydrogen-bond acceptors (Lipinski definition) is 6. The second-order valence-corrected chi connectivity index (χ2v) is 5.28. The topological polar surface area (TPSA) is 81.4 Å². The van der Waals surface area contributed by atoms with Crippen molar-refractivity contribution in [1.82, 2.24) is 10.3 Å². The van der Waals surface area contributed by atoms with Gasteiger partial charge < -0.3 is 14.5 Å². The number of carbonyl (C=O) groups excluding carboxylic acids is 2. The fraction of sp³-hybridized carbons (Fsp3) is 0.353. The van der Waals surface area contributed by atoms with Crippen LogP contribution in [-0.4, -0.2) is 36.3 Å². The van der Waals surface area contributed by atoms with Crippen molar-refractivity contribution in [3.8, 4) is 11.3 Å². The Morgan fingerprint density at radius 2 is 1.91 bits per heavy atom. The van der Waals surface area contributed by atoms with Gasteiger partial charge in [-0.15, -0.1) is 0 Å². The Bertz CT molecular complexity index is 736. The minimum atomic E-state index is -0.611. The van der Waals surface area contributed by atoms with E-state index in [0.717, 1.165) is 13.0 Å². The standard InChI is InChI=1S/C17H18N2O4/c1-2-8-22-9-7-18-10-13-19-14-16(21)15(20)11-5-3-4-6-12(11)17(14)23-13/h3-6,18H,2,7-10H2,1H3. The maximum absolute atomic E-state index is 12.1. The molecular weight excluding hydrogens is 296 g/mol. The average molecular weight is 314 g/mol. The van der Waals surface area contributed by atoms with Crippen LogP contribution in [0.15, 0.2) is 28.7 Å². The molecule has 23 heavy (non-hydrogen) atoms. The third-order valence-electron chi connectivity index (χ3n) is 3.56. The van der Waals surface area contributed by atoms with Crippen LogP contribution in [0.25, 0.3) is 11.3 Å². The molecule has 1 aliphatic rings. The number of rotatable bonds is 7. The normalized spacial score (nSPS) is 13.1. The largest absolute Gasteiger partial charge is 0.438 e. The molecule has 0 amide bonds. The van der Waals surface area contributed by atoms with E-state index in [1.54, 1.807) is 24.3 Å². The van der Waals surface area contributed by atoms with Crippen LogP contribution in [0, 0.1) is 0 Å². The highest BCUT2D eigenvalue weighted by Gasteiger charge is 2.34. The van der Waals surface area contributed by atoms with Gasteiger partial charge in [-0.3, -0.25) is 9.59 Å². The van der Waals surface area contributed by atoms with Crippen molar-refractivity contribution in [2.24, 2.45) is 0 Å². The van der Waals surface area contributed by atoms with Crippen LogP contribution in [0.2, 0.25) is 0 Å². The molecule has 0 spiro atoms. The van der Waals surface area contributed by atoms with Gasteiger partial charge in [0.25, 0.3) is 5.78 Å². The lowest BCUT2D eigenvalue weighted by molar-refractivity contribution is 0.0812. The van der Waals surface area contributed by atoms with Crippen molar-refractivity contribution < 1.29 is 18.7 Å². The van der Waals surface area contributed by atoms with E-state index in [4.69, 9.17) is 9.15 Å².